The fraction of sp³-hybridized carbons (Fsp3) is 0.304. The van der Waals surface area contributed by atoms with Gasteiger partial charge in [-0.15, -0.1) is 0 Å². The number of primary amides is 1. The minimum Gasteiger partial charge on any atom is -0.438 e. The number of aromatic nitrogens is 1. The van der Waals surface area contributed by atoms with Crippen LogP contribution in [0, 0.1) is 5.92 Å². The number of pyridine rings is 1. The van der Waals surface area contributed by atoms with Crippen LogP contribution in [0.2, 0.25) is 0 Å². The number of carbonyl (C=O) groups excluding carboxylic acids is 1. The number of hydrogen-bond acceptors (Lipinski definition) is 5. The Balaban J connectivity index is 1.56. The van der Waals surface area contributed by atoms with Crippen molar-refractivity contribution in [3.8, 4) is 11.6 Å². The Bertz CT molecular complexity index is 996. The van der Waals surface area contributed by atoms with Crippen LogP contribution in [0.5, 0.6) is 11.6 Å². The van der Waals surface area contributed by atoms with Crippen molar-refractivity contribution in [1.29, 1.82) is 0 Å². The normalized spacial score (nSPS) is 15.5. The summed E-state index contributed by atoms with van der Waals surface area (Å²) in [6, 6.07) is 15.5. The predicted molar refractivity (Wildman–Crippen MR) is 112 cm³/mol. The fourth-order valence-electron chi connectivity index (χ4n) is 3.83. The Morgan fingerprint density at radius 3 is 2.52 bits per heavy atom. The van der Waals surface area contributed by atoms with Crippen molar-refractivity contribution in [1.82, 2.24) is 9.88 Å². The highest BCUT2D eigenvalue weighted by molar-refractivity contribution is 5.92. The van der Waals surface area contributed by atoms with Gasteiger partial charge < -0.3 is 15.6 Å². The molecule has 0 aliphatic carbocycles. The number of rotatable bonds is 6. The van der Waals surface area contributed by atoms with E-state index in [0.717, 1.165) is 49.0 Å². The van der Waals surface area contributed by atoms with Crippen molar-refractivity contribution < 1.29 is 14.6 Å². The summed E-state index contributed by atoms with van der Waals surface area (Å²) in [5.41, 5.74) is 6.87. The Hall–Kier alpha value is -2.96. The molecule has 0 spiro atoms. The molecule has 3 aromatic rings. The molecule has 0 radical (unpaired) electrons. The molecule has 1 fully saturated rings. The van der Waals surface area contributed by atoms with E-state index < -0.39 is 5.91 Å². The van der Waals surface area contributed by atoms with E-state index in [1.807, 2.05) is 24.3 Å². The summed E-state index contributed by atoms with van der Waals surface area (Å²) in [5.74, 6) is 1.07. The van der Waals surface area contributed by atoms with Gasteiger partial charge in [-0.05, 0) is 54.9 Å². The Morgan fingerprint density at radius 2 is 1.86 bits per heavy atom. The van der Waals surface area contributed by atoms with Gasteiger partial charge in [0.25, 0.3) is 0 Å². The molecule has 3 N–H and O–H groups in total. The van der Waals surface area contributed by atoms with Gasteiger partial charge in [-0.1, -0.05) is 30.3 Å². The van der Waals surface area contributed by atoms with E-state index in [1.54, 1.807) is 12.1 Å². The third-order valence-electron chi connectivity index (χ3n) is 5.57. The maximum absolute atomic E-state index is 11.2. The van der Waals surface area contributed by atoms with Gasteiger partial charge in [0.1, 0.15) is 5.75 Å². The van der Waals surface area contributed by atoms with Gasteiger partial charge in [0.2, 0.25) is 11.8 Å². The summed E-state index contributed by atoms with van der Waals surface area (Å²) in [7, 11) is 0. The number of piperidine rings is 1. The monoisotopic (exact) mass is 391 g/mol. The molecule has 2 heterocycles. The van der Waals surface area contributed by atoms with Gasteiger partial charge >= 0.3 is 0 Å². The van der Waals surface area contributed by atoms with Crippen molar-refractivity contribution in [2.75, 3.05) is 19.7 Å². The summed E-state index contributed by atoms with van der Waals surface area (Å²) in [6.07, 6.45) is 3.51. The van der Waals surface area contributed by atoms with Crippen LogP contribution in [0.3, 0.4) is 0 Å². The zero-order valence-corrected chi connectivity index (χ0v) is 16.3. The first-order chi connectivity index (χ1) is 14.1. The number of nitrogens with zero attached hydrogens (tertiary/aromatic N) is 2. The third kappa shape index (κ3) is 4.39. The molecule has 6 heteroatoms. The summed E-state index contributed by atoms with van der Waals surface area (Å²) >= 11 is 0. The topological polar surface area (TPSA) is 88.7 Å². The van der Waals surface area contributed by atoms with Crippen LogP contribution in [-0.4, -0.2) is 40.6 Å². The van der Waals surface area contributed by atoms with E-state index in [9.17, 15) is 9.90 Å². The first-order valence-electron chi connectivity index (χ1n) is 9.91. The lowest BCUT2D eigenvalue weighted by Gasteiger charge is -2.31. The summed E-state index contributed by atoms with van der Waals surface area (Å²) in [5, 5.41) is 11.5. The lowest BCUT2D eigenvalue weighted by Crippen LogP contribution is -2.34. The number of hydrogen-bond donors (Lipinski definition) is 2. The quantitative estimate of drug-likeness (QED) is 0.673. The van der Waals surface area contributed by atoms with E-state index in [2.05, 4.69) is 22.0 Å². The number of carbonyl (C=O) groups is 1. The van der Waals surface area contributed by atoms with Gasteiger partial charge in [0, 0.05) is 30.8 Å². The van der Waals surface area contributed by atoms with Crippen molar-refractivity contribution in [2.24, 2.45) is 11.7 Å². The number of ether oxygens (including phenoxy) is 1. The summed E-state index contributed by atoms with van der Waals surface area (Å²) < 4.78 is 6.00. The summed E-state index contributed by atoms with van der Waals surface area (Å²) in [6.45, 7) is 3.18. The van der Waals surface area contributed by atoms with Crippen molar-refractivity contribution in [3.05, 3.63) is 65.9 Å². The molecule has 0 unspecified atom stereocenters. The van der Waals surface area contributed by atoms with Gasteiger partial charge in [0.15, 0.2) is 0 Å². The van der Waals surface area contributed by atoms with Crippen LogP contribution >= 0.6 is 0 Å². The molecule has 150 valence electrons. The number of benzene rings is 2. The fourth-order valence-corrected chi connectivity index (χ4v) is 3.83. The average molecular weight is 391 g/mol. The number of aliphatic hydroxyl groups is 1. The summed E-state index contributed by atoms with van der Waals surface area (Å²) in [4.78, 5) is 17.8. The van der Waals surface area contributed by atoms with E-state index >= 15 is 0 Å². The molecule has 1 aliphatic heterocycles. The number of fused-ring (bicyclic) bond motifs is 1. The largest absolute Gasteiger partial charge is 0.438 e. The van der Waals surface area contributed by atoms with E-state index in [0.29, 0.717) is 17.4 Å². The molecule has 6 nitrogen and oxygen atoms in total. The molecule has 1 aliphatic rings. The smallest absolute Gasteiger partial charge is 0.250 e. The first kappa shape index (κ1) is 19.4. The molecular weight excluding hydrogens is 366 g/mol. The van der Waals surface area contributed by atoms with Crippen LogP contribution in [0.1, 0.15) is 28.8 Å². The Kier molecular flexibility index (Phi) is 5.74. The highest BCUT2D eigenvalue weighted by Gasteiger charge is 2.19. The maximum Gasteiger partial charge on any atom is 0.250 e. The molecular formula is C23H25N3O3. The minimum atomic E-state index is -0.512. The molecule has 29 heavy (non-hydrogen) atoms. The van der Waals surface area contributed by atoms with Crippen LogP contribution < -0.4 is 10.5 Å². The highest BCUT2D eigenvalue weighted by atomic mass is 16.5. The second-order valence-corrected chi connectivity index (χ2v) is 7.52. The third-order valence-corrected chi connectivity index (χ3v) is 5.57. The van der Waals surface area contributed by atoms with Crippen LogP contribution in [0.15, 0.2) is 54.7 Å². The van der Waals surface area contributed by atoms with Gasteiger partial charge in [-0.25, -0.2) is 4.98 Å². The maximum atomic E-state index is 11.2. The molecule has 1 aromatic heterocycles. The van der Waals surface area contributed by atoms with Crippen LogP contribution in [-0.2, 0) is 6.54 Å². The predicted octanol–water partition coefficient (Wildman–Crippen LogP) is 3.33. The Morgan fingerprint density at radius 1 is 1.10 bits per heavy atom. The molecule has 4 rings (SSSR count). The van der Waals surface area contributed by atoms with E-state index in [4.69, 9.17) is 10.5 Å². The van der Waals surface area contributed by atoms with Crippen molar-refractivity contribution >= 4 is 16.7 Å². The number of likely N-dealkylation sites (tertiary alicyclic amines) is 1. The molecule has 0 saturated carbocycles. The minimum absolute atomic E-state index is 0.289. The van der Waals surface area contributed by atoms with E-state index in [1.165, 1.54) is 11.8 Å². The highest BCUT2D eigenvalue weighted by Crippen LogP contribution is 2.32. The van der Waals surface area contributed by atoms with Crippen molar-refractivity contribution in [3.63, 3.8) is 0 Å². The Labute approximate surface area is 169 Å². The van der Waals surface area contributed by atoms with Crippen LogP contribution in [0.25, 0.3) is 10.8 Å². The number of aliphatic hydroxyl groups excluding tert-OH is 1. The SMILES string of the molecule is NC(=O)c1ccc(Oc2ccc(CN3CCC(CO)CC3)c3ccccc23)nc1. The van der Waals surface area contributed by atoms with Crippen molar-refractivity contribution in [2.45, 2.75) is 19.4 Å². The average Bonchev–Trinajstić information content (AvgIpc) is 2.76. The van der Waals surface area contributed by atoms with Crippen LogP contribution in [0.4, 0.5) is 0 Å². The zero-order valence-electron chi connectivity index (χ0n) is 16.3. The molecule has 2 aromatic carbocycles. The zero-order chi connectivity index (χ0) is 20.2. The van der Waals surface area contributed by atoms with Gasteiger partial charge in [0.05, 0.1) is 5.56 Å². The first-order valence-corrected chi connectivity index (χ1v) is 9.91. The number of amides is 1. The number of nitrogens with two attached hydrogens (primary N) is 1. The van der Waals surface area contributed by atoms with Gasteiger partial charge in [-0.2, -0.15) is 0 Å². The lowest BCUT2D eigenvalue weighted by molar-refractivity contribution is 0.1000. The second-order valence-electron chi connectivity index (χ2n) is 7.52. The molecule has 0 bridgehead atoms. The molecule has 1 amide bonds. The molecule has 1 saturated heterocycles. The van der Waals surface area contributed by atoms with E-state index in [-0.39, 0.29) is 6.61 Å². The second kappa shape index (κ2) is 8.59. The van der Waals surface area contributed by atoms with Gasteiger partial charge in [-0.3, -0.25) is 9.69 Å². The standard InChI is InChI=1S/C23H25N3O3/c24-23(28)17-6-8-22(25-13-17)29-21-7-5-18(19-3-1-2-4-20(19)21)14-26-11-9-16(15-27)10-12-26/h1-8,13,16,27H,9-12,14-15H2,(H2,24,28). The lowest BCUT2D eigenvalue weighted by atomic mass is 9.96. The molecule has 0 atom stereocenters.